The molecule has 4 heteroatoms. The van der Waals surface area contributed by atoms with E-state index in [9.17, 15) is 14.7 Å². The molecule has 4 nitrogen and oxygen atoms in total. The van der Waals surface area contributed by atoms with Crippen LogP contribution in [0.15, 0.2) is 11.6 Å². The van der Waals surface area contributed by atoms with Gasteiger partial charge in [0, 0.05) is 5.57 Å². The SMILES string of the molecule is CC1CCC(C(C)C(=O)O)C2C=C(C(=O)O)CCC12. The van der Waals surface area contributed by atoms with Crippen molar-refractivity contribution in [3.05, 3.63) is 11.6 Å². The molecule has 5 unspecified atom stereocenters. The van der Waals surface area contributed by atoms with Gasteiger partial charge < -0.3 is 10.2 Å². The average Bonchev–Trinajstić information content (AvgIpc) is 2.37. The highest BCUT2D eigenvalue weighted by Crippen LogP contribution is 2.48. The molecule has 0 radical (unpaired) electrons. The average molecular weight is 266 g/mol. The Labute approximate surface area is 113 Å². The highest BCUT2D eigenvalue weighted by Gasteiger charge is 2.42. The van der Waals surface area contributed by atoms with Crippen molar-refractivity contribution in [2.75, 3.05) is 0 Å². The standard InChI is InChI=1S/C15H22O4/c1-8-3-5-12(9(2)14(16)17)13-7-10(15(18)19)4-6-11(8)13/h7-9,11-13H,3-6H2,1-2H3,(H,16,17)(H,18,19). The molecule has 2 aliphatic carbocycles. The summed E-state index contributed by atoms with van der Waals surface area (Å²) >= 11 is 0. The molecule has 2 N–H and O–H groups in total. The summed E-state index contributed by atoms with van der Waals surface area (Å²) in [4.78, 5) is 22.4. The van der Waals surface area contributed by atoms with E-state index in [-0.39, 0.29) is 11.8 Å². The monoisotopic (exact) mass is 266 g/mol. The quantitative estimate of drug-likeness (QED) is 0.823. The van der Waals surface area contributed by atoms with Crippen molar-refractivity contribution in [1.29, 1.82) is 0 Å². The van der Waals surface area contributed by atoms with Gasteiger partial charge in [-0.15, -0.1) is 0 Å². The molecule has 0 bridgehead atoms. The van der Waals surface area contributed by atoms with Crippen molar-refractivity contribution >= 4 is 11.9 Å². The van der Waals surface area contributed by atoms with Gasteiger partial charge in [-0.25, -0.2) is 4.79 Å². The molecule has 5 atom stereocenters. The molecular weight excluding hydrogens is 244 g/mol. The Balaban J connectivity index is 2.28. The normalized spacial score (nSPS) is 36.0. The second-order valence-electron chi connectivity index (χ2n) is 6.12. The Morgan fingerprint density at radius 1 is 1.26 bits per heavy atom. The van der Waals surface area contributed by atoms with Crippen LogP contribution in [0.25, 0.3) is 0 Å². The molecule has 0 saturated heterocycles. The Hall–Kier alpha value is -1.32. The summed E-state index contributed by atoms with van der Waals surface area (Å²) < 4.78 is 0. The Morgan fingerprint density at radius 3 is 2.53 bits per heavy atom. The number of carboxylic acids is 2. The molecule has 0 aromatic rings. The zero-order valence-electron chi connectivity index (χ0n) is 11.5. The van der Waals surface area contributed by atoms with E-state index in [1.54, 1.807) is 6.92 Å². The first-order chi connectivity index (χ1) is 8.91. The summed E-state index contributed by atoms with van der Waals surface area (Å²) in [6.45, 7) is 3.96. The number of hydrogen-bond donors (Lipinski definition) is 2. The minimum atomic E-state index is -0.849. The van der Waals surface area contributed by atoms with E-state index in [0.717, 1.165) is 19.3 Å². The maximum absolute atomic E-state index is 11.2. The number of carboxylic acid groups (broad SMARTS) is 2. The van der Waals surface area contributed by atoms with Gasteiger partial charge in [0.2, 0.25) is 0 Å². The van der Waals surface area contributed by atoms with Crippen LogP contribution in [0.5, 0.6) is 0 Å². The van der Waals surface area contributed by atoms with Gasteiger partial charge in [0.1, 0.15) is 0 Å². The van der Waals surface area contributed by atoms with Gasteiger partial charge >= 0.3 is 11.9 Å². The van der Waals surface area contributed by atoms with Crippen molar-refractivity contribution in [3.63, 3.8) is 0 Å². The fourth-order valence-electron chi connectivity index (χ4n) is 3.87. The van der Waals surface area contributed by atoms with Crippen LogP contribution in [0.2, 0.25) is 0 Å². The lowest BCUT2D eigenvalue weighted by Gasteiger charge is -2.44. The van der Waals surface area contributed by atoms with Gasteiger partial charge in [-0.05, 0) is 42.9 Å². The predicted molar refractivity (Wildman–Crippen MR) is 70.6 cm³/mol. The summed E-state index contributed by atoms with van der Waals surface area (Å²) in [5, 5.41) is 18.4. The van der Waals surface area contributed by atoms with Crippen LogP contribution >= 0.6 is 0 Å². The van der Waals surface area contributed by atoms with Gasteiger partial charge in [0.05, 0.1) is 5.92 Å². The molecule has 0 aromatic heterocycles. The first-order valence-electron chi connectivity index (χ1n) is 7.08. The van der Waals surface area contributed by atoms with Gasteiger partial charge in [0.15, 0.2) is 0 Å². The summed E-state index contributed by atoms with van der Waals surface area (Å²) in [6, 6.07) is 0. The molecule has 0 spiro atoms. The van der Waals surface area contributed by atoms with E-state index in [4.69, 9.17) is 5.11 Å². The van der Waals surface area contributed by atoms with E-state index in [1.807, 2.05) is 6.08 Å². The third-order valence-corrected chi connectivity index (χ3v) is 5.12. The van der Waals surface area contributed by atoms with Crippen molar-refractivity contribution in [2.45, 2.75) is 39.5 Å². The maximum Gasteiger partial charge on any atom is 0.331 e. The van der Waals surface area contributed by atoms with Crippen molar-refractivity contribution in [1.82, 2.24) is 0 Å². The van der Waals surface area contributed by atoms with Crippen LogP contribution in [0.1, 0.15) is 39.5 Å². The minimum absolute atomic E-state index is 0.0772. The number of aliphatic carboxylic acids is 2. The smallest absolute Gasteiger partial charge is 0.331 e. The number of hydrogen-bond acceptors (Lipinski definition) is 2. The number of rotatable bonds is 3. The fraction of sp³-hybridized carbons (Fsp3) is 0.733. The van der Waals surface area contributed by atoms with Crippen molar-refractivity contribution < 1.29 is 19.8 Å². The largest absolute Gasteiger partial charge is 0.481 e. The number of carbonyl (C=O) groups is 2. The summed E-state index contributed by atoms with van der Waals surface area (Å²) in [6.07, 6.45) is 5.30. The first kappa shape index (κ1) is 14.1. The fourth-order valence-corrected chi connectivity index (χ4v) is 3.87. The summed E-state index contributed by atoms with van der Waals surface area (Å²) in [7, 11) is 0. The van der Waals surface area contributed by atoms with Crippen LogP contribution in [-0.2, 0) is 9.59 Å². The van der Waals surface area contributed by atoms with Crippen LogP contribution in [0, 0.1) is 29.6 Å². The third kappa shape index (κ3) is 2.67. The van der Waals surface area contributed by atoms with Crippen LogP contribution in [0.3, 0.4) is 0 Å². The molecule has 0 aromatic carbocycles. The Bertz CT molecular complexity index is 412. The molecular formula is C15H22O4. The molecule has 1 fully saturated rings. The molecule has 0 aliphatic heterocycles. The molecule has 1 saturated carbocycles. The van der Waals surface area contributed by atoms with E-state index in [0.29, 0.717) is 23.8 Å². The predicted octanol–water partition coefficient (Wildman–Crippen LogP) is 2.79. The summed E-state index contributed by atoms with van der Waals surface area (Å²) in [5.41, 5.74) is 0.470. The lowest BCUT2D eigenvalue weighted by Crippen LogP contribution is -2.40. The van der Waals surface area contributed by atoms with E-state index in [1.165, 1.54) is 0 Å². The molecule has 19 heavy (non-hydrogen) atoms. The molecule has 106 valence electrons. The van der Waals surface area contributed by atoms with Gasteiger partial charge in [-0.1, -0.05) is 26.3 Å². The highest BCUT2D eigenvalue weighted by atomic mass is 16.4. The Morgan fingerprint density at radius 2 is 1.95 bits per heavy atom. The van der Waals surface area contributed by atoms with Gasteiger partial charge in [0.25, 0.3) is 0 Å². The van der Waals surface area contributed by atoms with Crippen LogP contribution in [0.4, 0.5) is 0 Å². The second-order valence-corrected chi connectivity index (χ2v) is 6.12. The Kier molecular flexibility index (Phi) is 3.97. The van der Waals surface area contributed by atoms with Crippen molar-refractivity contribution in [3.8, 4) is 0 Å². The highest BCUT2D eigenvalue weighted by molar-refractivity contribution is 5.86. The number of fused-ring (bicyclic) bond motifs is 1. The molecule has 2 rings (SSSR count). The van der Waals surface area contributed by atoms with Crippen LogP contribution in [-0.4, -0.2) is 22.2 Å². The van der Waals surface area contributed by atoms with Crippen LogP contribution < -0.4 is 0 Å². The topological polar surface area (TPSA) is 74.6 Å². The van der Waals surface area contributed by atoms with E-state index in [2.05, 4.69) is 6.92 Å². The maximum atomic E-state index is 11.2. The van der Waals surface area contributed by atoms with Gasteiger partial charge in [-0.2, -0.15) is 0 Å². The minimum Gasteiger partial charge on any atom is -0.481 e. The first-order valence-corrected chi connectivity index (χ1v) is 7.08. The zero-order valence-corrected chi connectivity index (χ0v) is 11.5. The van der Waals surface area contributed by atoms with Gasteiger partial charge in [-0.3, -0.25) is 4.79 Å². The zero-order chi connectivity index (χ0) is 14.2. The lowest BCUT2D eigenvalue weighted by molar-refractivity contribution is -0.144. The second kappa shape index (κ2) is 5.35. The lowest BCUT2D eigenvalue weighted by atomic mass is 9.60. The number of allylic oxidation sites excluding steroid dienone is 1. The molecule has 0 amide bonds. The summed E-state index contributed by atoms with van der Waals surface area (Å²) in [5.74, 6) is -0.808. The van der Waals surface area contributed by atoms with E-state index >= 15 is 0 Å². The third-order valence-electron chi connectivity index (χ3n) is 5.12. The van der Waals surface area contributed by atoms with Crippen molar-refractivity contribution in [2.24, 2.45) is 29.6 Å². The molecule has 0 heterocycles. The van der Waals surface area contributed by atoms with E-state index < -0.39 is 17.9 Å². The molecule has 2 aliphatic rings.